The molecule has 0 saturated heterocycles. The van der Waals surface area contributed by atoms with Crippen molar-refractivity contribution in [1.82, 2.24) is 14.8 Å². The molecule has 2 aromatic heterocycles. The summed E-state index contributed by atoms with van der Waals surface area (Å²) in [4.78, 5) is 4.07. The van der Waals surface area contributed by atoms with E-state index in [9.17, 15) is 0 Å². The molecule has 0 bridgehead atoms. The van der Waals surface area contributed by atoms with E-state index in [1.807, 2.05) is 6.07 Å². The van der Waals surface area contributed by atoms with E-state index in [1.165, 1.54) is 0 Å². The molecule has 82 valence electrons. The van der Waals surface area contributed by atoms with Crippen LogP contribution in [0.2, 0.25) is 0 Å². The highest BCUT2D eigenvalue weighted by atomic mass is 79.9. The van der Waals surface area contributed by atoms with Crippen molar-refractivity contribution < 1.29 is 0 Å². The van der Waals surface area contributed by atoms with Crippen LogP contribution in [-0.4, -0.2) is 20.3 Å². The van der Waals surface area contributed by atoms with E-state index in [-0.39, 0.29) is 0 Å². The lowest BCUT2D eigenvalue weighted by atomic mass is 10.1. The second-order valence-electron chi connectivity index (χ2n) is 3.89. The summed E-state index contributed by atoms with van der Waals surface area (Å²) in [5, 5.41) is 14.0. The standard InChI is InChI=1S/C10H10BrN5/c1-10(13,5-12)6-16-9-4-14-3-8(11)7(9)2-15-16/h2-4H,6,13H2,1H3. The van der Waals surface area contributed by atoms with Crippen LogP contribution in [0.1, 0.15) is 6.92 Å². The number of rotatable bonds is 2. The first-order chi connectivity index (χ1) is 7.53. The van der Waals surface area contributed by atoms with Crippen LogP contribution in [0.15, 0.2) is 23.1 Å². The van der Waals surface area contributed by atoms with Crippen LogP contribution in [0.5, 0.6) is 0 Å². The molecule has 2 N–H and O–H groups in total. The Hall–Kier alpha value is -1.45. The number of pyridine rings is 1. The summed E-state index contributed by atoms with van der Waals surface area (Å²) in [6, 6.07) is 2.04. The van der Waals surface area contributed by atoms with E-state index in [1.54, 1.807) is 30.2 Å². The normalized spacial score (nSPS) is 14.6. The molecule has 1 unspecified atom stereocenters. The molecule has 5 nitrogen and oxygen atoms in total. The van der Waals surface area contributed by atoms with Crippen LogP contribution in [0.25, 0.3) is 10.9 Å². The maximum Gasteiger partial charge on any atom is 0.121 e. The Bertz CT molecular complexity index is 566. The topological polar surface area (TPSA) is 80.5 Å². The van der Waals surface area contributed by atoms with Crippen molar-refractivity contribution in [3.05, 3.63) is 23.1 Å². The van der Waals surface area contributed by atoms with Gasteiger partial charge in [-0.2, -0.15) is 10.4 Å². The summed E-state index contributed by atoms with van der Waals surface area (Å²) >= 11 is 3.39. The highest BCUT2D eigenvalue weighted by molar-refractivity contribution is 9.10. The minimum Gasteiger partial charge on any atom is -0.312 e. The van der Waals surface area contributed by atoms with Gasteiger partial charge in [-0.05, 0) is 22.9 Å². The summed E-state index contributed by atoms with van der Waals surface area (Å²) < 4.78 is 2.57. The summed E-state index contributed by atoms with van der Waals surface area (Å²) in [7, 11) is 0. The van der Waals surface area contributed by atoms with Crippen molar-refractivity contribution in [1.29, 1.82) is 5.26 Å². The largest absolute Gasteiger partial charge is 0.312 e. The van der Waals surface area contributed by atoms with Crippen LogP contribution in [0.3, 0.4) is 0 Å². The molecule has 0 aliphatic carbocycles. The minimum absolute atomic E-state index is 0.338. The summed E-state index contributed by atoms with van der Waals surface area (Å²) in [6.07, 6.45) is 5.15. The second-order valence-corrected chi connectivity index (χ2v) is 4.74. The van der Waals surface area contributed by atoms with Gasteiger partial charge in [-0.3, -0.25) is 9.67 Å². The zero-order chi connectivity index (χ0) is 11.8. The van der Waals surface area contributed by atoms with Gasteiger partial charge in [0, 0.05) is 16.1 Å². The van der Waals surface area contributed by atoms with Gasteiger partial charge < -0.3 is 5.73 Å². The number of hydrogen-bond donors (Lipinski definition) is 1. The fourth-order valence-electron chi connectivity index (χ4n) is 1.43. The van der Waals surface area contributed by atoms with Crippen molar-refractivity contribution in [2.45, 2.75) is 19.0 Å². The zero-order valence-corrected chi connectivity index (χ0v) is 10.3. The quantitative estimate of drug-likeness (QED) is 0.902. The number of halogens is 1. The molecule has 0 amide bonds. The third-order valence-corrected chi connectivity index (χ3v) is 2.89. The monoisotopic (exact) mass is 279 g/mol. The predicted octanol–water partition coefficient (Wildman–Crippen LogP) is 1.43. The van der Waals surface area contributed by atoms with Crippen LogP contribution in [-0.2, 0) is 6.54 Å². The van der Waals surface area contributed by atoms with Crippen LogP contribution >= 0.6 is 15.9 Å². The summed E-state index contributed by atoms with van der Waals surface area (Å²) in [6.45, 7) is 2.01. The number of nitriles is 1. The Balaban J connectivity index is 2.48. The maximum absolute atomic E-state index is 8.88. The van der Waals surface area contributed by atoms with E-state index in [4.69, 9.17) is 11.0 Å². The Kier molecular flexibility index (Phi) is 2.66. The highest BCUT2D eigenvalue weighted by Crippen LogP contribution is 2.22. The maximum atomic E-state index is 8.88. The van der Waals surface area contributed by atoms with Gasteiger partial charge in [0.2, 0.25) is 0 Å². The van der Waals surface area contributed by atoms with Crippen molar-refractivity contribution in [2.75, 3.05) is 0 Å². The molecular weight excluding hydrogens is 270 g/mol. The average Bonchev–Trinajstić information content (AvgIpc) is 2.63. The molecule has 0 saturated carbocycles. The van der Waals surface area contributed by atoms with Gasteiger partial charge >= 0.3 is 0 Å². The molecule has 2 aromatic rings. The van der Waals surface area contributed by atoms with E-state index in [0.717, 1.165) is 15.4 Å². The lowest BCUT2D eigenvalue weighted by Gasteiger charge is -2.15. The molecular formula is C10H10BrN5. The number of nitrogens with two attached hydrogens (primary N) is 1. The number of fused-ring (bicyclic) bond motifs is 1. The van der Waals surface area contributed by atoms with Crippen LogP contribution in [0, 0.1) is 11.3 Å². The average molecular weight is 280 g/mol. The first-order valence-corrected chi connectivity index (χ1v) is 5.48. The molecule has 0 fully saturated rings. The van der Waals surface area contributed by atoms with Gasteiger partial charge in [0.05, 0.1) is 30.5 Å². The Morgan fingerprint density at radius 1 is 1.56 bits per heavy atom. The molecule has 16 heavy (non-hydrogen) atoms. The number of nitrogens with zero attached hydrogens (tertiary/aromatic N) is 4. The first kappa shape index (κ1) is 11.0. The van der Waals surface area contributed by atoms with Crippen molar-refractivity contribution in [3.8, 4) is 6.07 Å². The molecule has 6 heteroatoms. The fourth-order valence-corrected chi connectivity index (χ4v) is 1.85. The SMILES string of the molecule is CC(N)(C#N)Cn1ncc2c(Br)cncc21. The van der Waals surface area contributed by atoms with Gasteiger partial charge in [-0.15, -0.1) is 0 Å². The molecule has 0 spiro atoms. The predicted molar refractivity (Wildman–Crippen MR) is 63.4 cm³/mol. The van der Waals surface area contributed by atoms with E-state index in [2.05, 4.69) is 26.0 Å². The van der Waals surface area contributed by atoms with Crippen molar-refractivity contribution in [2.24, 2.45) is 5.73 Å². The van der Waals surface area contributed by atoms with Gasteiger partial charge in [0.15, 0.2) is 0 Å². The summed E-state index contributed by atoms with van der Waals surface area (Å²) in [5.41, 5.74) is 5.72. The van der Waals surface area contributed by atoms with Crippen molar-refractivity contribution >= 4 is 26.8 Å². The highest BCUT2D eigenvalue weighted by Gasteiger charge is 2.20. The lowest BCUT2D eigenvalue weighted by Crippen LogP contribution is -2.39. The molecule has 0 aliphatic heterocycles. The molecule has 0 aliphatic rings. The Labute approximate surface area is 101 Å². The smallest absolute Gasteiger partial charge is 0.121 e. The third-order valence-electron chi connectivity index (χ3n) is 2.26. The first-order valence-electron chi connectivity index (χ1n) is 4.69. The number of aromatic nitrogens is 3. The van der Waals surface area contributed by atoms with Gasteiger partial charge in [0.1, 0.15) is 5.54 Å². The minimum atomic E-state index is -0.929. The van der Waals surface area contributed by atoms with Gasteiger partial charge in [-0.25, -0.2) is 0 Å². The number of hydrogen-bond acceptors (Lipinski definition) is 4. The molecule has 2 rings (SSSR count). The van der Waals surface area contributed by atoms with E-state index < -0.39 is 5.54 Å². The Morgan fingerprint density at radius 2 is 2.31 bits per heavy atom. The van der Waals surface area contributed by atoms with E-state index in [0.29, 0.717) is 6.54 Å². The lowest BCUT2D eigenvalue weighted by molar-refractivity contribution is 0.469. The molecule has 2 heterocycles. The molecule has 0 radical (unpaired) electrons. The zero-order valence-electron chi connectivity index (χ0n) is 8.68. The van der Waals surface area contributed by atoms with Gasteiger partial charge in [0.25, 0.3) is 0 Å². The third kappa shape index (κ3) is 1.92. The van der Waals surface area contributed by atoms with Crippen LogP contribution in [0.4, 0.5) is 0 Å². The van der Waals surface area contributed by atoms with Crippen molar-refractivity contribution in [3.63, 3.8) is 0 Å². The molecule has 1 atom stereocenters. The van der Waals surface area contributed by atoms with Crippen LogP contribution < -0.4 is 5.73 Å². The fraction of sp³-hybridized carbons (Fsp3) is 0.300. The molecule has 0 aromatic carbocycles. The summed E-state index contributed by atoms with van der Waals surface area (Å²) in [5.74, 6) is 0. The second kappa shape index (κ2) is 3.85. The Morgan fingerprint density at radius 3 is 3.00 bits per heavy atom. The van der Waals surface area contributed by atoms with E-state index >= 15 is 0 Å². The van der Waals surface area contributed by atoms with Gasteiger partial charge in [-0.1, -0.05) is 0 Å².